The second-order valence-electron chi connectivity index (χ2n) is 8.29. The van der Waals surface area contributed by atoms with E-state index in [-0.39, 0.29) is 28.5 Å². The second kappa shape index (κ2) is 10.3. The molecule has 1 unspecified atom stereocenters. The third-order valence-electron chi connectivity index (χ3n) is 6.02. The highest BCUT2D eigenvalue weighted by Gasteiger charge is 2.28. The van der Waals surface area contributed by atoms with Crippen LogP contribution in [0, 0.1) is 5.92 Å². The lowest BCUT2D eigenvalue weighted by molar-refractivity contribution is -0.120. The van der Waals surface area contributed by atoms with Crippen LogP contribution >= 0.6 is 7.37 Å². The van der Waals surface area contributed by atoms with Crippen molar-refractivity contribution in [2.24, 2.45) is 5.92 Å². The first-order chi connectivity index (χ1) is 15.2. The van der Waals surface area contributed by atoms with Gasteiger partial charge in [0.1, 0.15) is 17.6 Å². The van der Waals surface area contributed by atoms with Crippen molar-refractivity contribution in [1.29, 1.82) is 0 Å². The molecule has 0 amide bonds. The number of aliphatic hydroxyl groups is 1. The van der Waals surface area contributed by atoms with Gasteiger partial charge in [-0.15, -0.1) is 0 Å². The highest BCUT2D eigenvalue weighted by atomic mass is 32.2. The zero-order chi connectivity index (χ0) is 23.4. The summed E-state index contributed by atoms with van der Waals surface area (Å²) in [6, 6.07) is 6.54. The predicted octanol–water partition coefficient (Wildman–Crippen LogP) is 2.86. The van der Waals surface area contributed by atoms with Gasteiger partial charge in [0.15, 0.2) is 9.84 Å². The van der Waals surface area contributed by atoms with Crippen molar-refractivity contribution in [1.82, 2.24) is 9.97 Å². The van der Waals surface area contributed by atoms with E-state index in [0.29, 0.717) is 18.0 Å². The minimum atomic E-state index is -3.45. The van der Waals surface area contributed by atoms with Gasteiger partial charge in [0.05, 0.1) is 23.2 Å². The van der Waals surface area contributed by atoms with Gasteiger partial charge in [-0.25, -0.2) is 13.4 Å². The molecule has 1 fully saturated rings. The molecule has 0 spiro atoms. The lowest BCUT2D eigenvalue weighted by Gasteiger charge is -2.20. The first kappa shape index (κ1) is 24.7. The smallest absolute Gasteiger partial charge is 0.275 e. The van der Waals surface area contributed by atoms with E-state index in [1.807, 2.05) is 0 Å². The van der Waals surface area contributed by atoms with Gasteiger partial charge in [-0.1, -0.05) is 37.8 Å². The third kappa shape index (κ3) is 5.90. The molecule has 0 bridgehead atoms. The van der Waals surface area contributed by atoms with E-state index in [9.17, 15) is 22.9 Å². The molecule has 0 saturated heterocycles. The maximum atomic E-state index is 13.3. The molecule has 3 rings (SSSR count). The molecule has 1 saturated carbocycles. The predicted molar refractivity (Wildman–Crippen MR) is 121 cm³/mol. The fraction of sp³-hybridized carbons (Fsp3) is 0.500. The molecule has 1 aliphatic rings. The second-order valence-corrected chi connectivity index (χ2v) is 12.8. The number of aromatic nitrogens is 2. The van der Waals surface area contributed by atoms with E-state index in [1.54, 1.807) is 24.3 Å². The Balaban J connectivity index is 1.81. The van der Waals surface area contributed by atoms with Crippen LogP contribution in [-0.2, 0) is 30.1 Å². The standard InChI is InChI=1S/C22H29N2O6PS/c1-30-31(27,15-25)22-14-23-18(13-24-22)12-21(26)20(11-16-5-3-4-6-16)17-7-9-19(10-8-17)32(2,28)29/h7-10,13-14,16,20,25H,3-6,11-12,15H2,1-2H3/t20-,31?/m1/s1. The average Bonchev–Trinajstić information content (AvgIpc) is 3.30. The Bertz CT molecular complexity index is 1070. The van der Waals surface area contributed by atoms with Crippen molar-refractivity contribution in [3.63, 3.8) is 0 Å². The Labute approximate surface area is 188 Å². The van der Waals surface area contributed by atoms with Gasteiger partial charge in [0.25, 0.3) is 7.37 Å². The minimum absolute atomic E-state index is 0.0249. The molecule has 2 atom stereocenters. The van der Waals surface area contributed by atoms with Gasteiger partial charge < -0.3 is 9.63 Å². The highest BCUT2D eigenvalue weighted by Crippen LogP contribution is 2.42. The SMILES string of the molecule is COP(=O)(CO)c1cnc(CC(=O)[C@H](CC2CCCC2)c2ccc(S(C)(=O)=O)cc2)cn1. The molecule has 2 aromatic rings. The van der Waals surface area contributed by atoms with Gasteiger partial charge in [0.2, 0.25) is 0 Å². The van der Waals surface area contributed by atoms with Crippen molar-refractivity contribution in [2.45, 2.75) is 49.3 Å². The summed E-state index contributed by atoms with van der Waals surface area (Å²) in [5.74, 6) is 0.0722. The summed E-state index contributed by atoms with van der Waals surface area (Å²) < 4.78 is 40.8. The largest absolute Gasteiger partial charge is 0.386 e. The van der Waals surface area contributed by atoms with Gasteiger partial charge in [-0.3, -0.25) is 14.3 Å². The Morgan fingerprint density at radius 1 is 1.19 bits per heavy atom. The molecule has 10 heteroatoms. The lowest BCUT2D eigenvalue weighted by atomic mass is 9.83. The number of hydrogen-bond donors (Lipinski definition) is 1. The first-order valence-corrected chi connectivity index (χ1v) is 14.3. The van der Waals surface area contributed by atoms with E-state index >= 15 is 0 Å². The number of sulfone groups is 1. The van der Waals surface area contributed by atoms with E-state index in [0.717, 1.165) is 37.5 Å². The maximum absolute atomic E-state index is 13.3. The van der Waals surface area contributed by atoms with Gasteiger partial charge in [-0.05, 0) is 30.0 Å². The van der Waals surface area contributed by atoms with Crippen LogP contribution < -0.4 is 5.44 Å². The molecular formula is C22H29N2O6PS. The van der Waals surface area contributed by atoms with E-state index in [1.165, 1.54) is 19.5 Å². The Hall–Kier alpha value is -1.93. The normalized spacial score (nSPS) is 17.7. The number of carbonyl (C=O) groups excluding carboxylic acids is 1. The number of Topliss-reactive ketones (excluding diaryl/α,β-unsaturated/α-hetero) is 1. The summed E-state index contributed by atoms with van der Waals surface area (Å²) in [5, 5.41) is 9.31. The molecule has 1 aromatic heterocycles. The number of aliphatic hydroxyl groups excluding tert-OH is 1. The van der Waals surface area contributed by atoms with Crippen molar-refractivity contribution in [2.75, 3.05) is 19.7 Å². The zero-order valence-electron chi connectivity index (χ0n) is 18.3. The van der Waals surface area contributed by atoms with Crippen LogP contribution in [0.4, 0.5) is 0 Å². The summed E-state index contributed by atoms with van der Waals surface area (Å²) in [4.78, 5) is 21.8. The van der Waals surface area contributed by atoms with Crippen LogP contribution in [0.2, 0.25) is 0 Å². The van der Waals surface area contributed by atoms with Crippen LogP contribution in [0.3, 0.4) is 0 Å². The molecule has 1 aromatic carbocycles. The zero-order valence-corrected chi connectivity index (χ0v) is 20.0. The summed E-state index contributed by atoms with van der Waals surface area (Å²) in [5.41, 5.74) is 1.28. The molecule has 174 valence electrons. The number of ketones is 1. The molecule has 1 N–H and O–H groups in total. The van der Waals surface area contributed by atoms with Crippen LogP contribution in [-0.4, -0.2) is 49.0 Å². The fourth-order valence-corrected chi connectivity index (χ4v) is 5.67. The van der Waals surface area contributed by atoms with Crippen molar-refractivity contribution in [3.05, 3.63) is 47.9 Å². The summed E-state index contributed by atoms with van der Waals surface area (Å²) in [7, 11) is -5.52. The lowest BCUT2D eigenvalue weighted by Crippen LogP contribution is -2.20. The quantitative estimate of drug-likeness (QED) is 0.515. The number of rotatable bonds is 10. The number of nitrogens with zero attached hydrogens (tertiary/aromatic N) is 2. The van der Waals surface area contributed by atoms with Gasteiger partial charge >= 0.3 is 0 Å². The Morgan fingerprint density at radius 3 is 2.34 bits per heavy atom. The van der Waals surface area contributed by atoms with Crippen LogP contribution in [0.1, 0.15) is 49.3 Å². The molecule has 1 heterocycles. The molecule has 32 heavy (non-hydrogen) atoms. The molecule has 1 aliphatic carbocycles. The molecule has 0 radical (unpaired) electrons. The summed E-state index contributed by atoms with van der Waals surface area (Å²) in [6.45, 7) is 0. The van der Waals surface area contributed by atoms with Crippen LogP contribution in [0.5, 0.6) is 0 Å². The van der Waals surface area contributed by atoms with E-state index in [2.05, 4.69) is 9.97 Å². The average molecular weight is 481 g/mol. The number of benzene rings is 1. The molecule has 8 nitrogen and oxygen atoms in total. The van der Waals surface area contributed by atoms with Gasteiger partial charge in [0, 0.05) is 25.5 Å². The third-order valence-corrected chi connectivity index (χ3v) is 9.04. The van der Waals surface area contributed by atoms with Crippen molar-refractivity contribution >= 4 is 28.4 Å². The Morgan fingerprint density at radius 2 is 1.84 bits per heavy atom. The topological polar surface area (TPSA) is 124 Å². The monoisotopic (exact) mass is 480 g/mol. The Kier molecular flexibility index (Phi) is 7.98. The van der Waals surface area contributed by atoms with Crippen LogP contribution in [0.25, 0.3) is 0 Å². The first-order valence-electron chi connectivity index (χ1n) is 10.6. The van der Waals surface area contributed by atoms with E-state index < -0.39 is 23.6 Å². The van der Waals surface area contributed by atoms with Crippen molar-refractivity contribution in [3.8, 4) is 0 Å². The van der Waals surface area contributed by atoms with Crippen LogP contribution in [0.15, 0.2) is 41.6 Å². The highest BCUT2D eigenvalue weighted by molar-refractivity contribution is 7.90. The summed E-state index contributed by atoms with van der Waals surface area (Å²) in [6.07, 6.45) is 8.41. The molecular weight excluding hydrogens is 451 g/mol. The maximum Gasteiger partial charge on any atom is 0.275 e. The van der Waals surface area contributed by atoms with Crippen molar-refractivity contribution < 1.29 is 27.4 Å². The minimum Gasteiger partial charge on any atom is -0.386 e. The number of carbonyl (C=O) groups is 1. The van der Waals surface area contributed by atoms with E-state index in [4.69, 9.17) is 4.52 Å². The van der Waals surface area contributed by atoms with Gasteiger partial charge in [-0.2, -0.15) is 0 Å². The number of hydrogen-bond acceptors (Lipinski definition) is 8. The fourth-order valence-electron chi connectivity index (χ4n) is 4.12. The summed E-state index contributed by atoms with van der Waals surface area (Å²) >= 11 is 0. The molecule has 0 aliphatic heterocycles.